The highest BCUT2D eigenvalue weighted by Crippen LogP contribution is 2.55. The number of esters is 1. The van der Waals surface area contributed by atoms with Gasteiger partial charge in [-0.2, -0.15) is 0 Å². The second kappa shape index (κ2) is 43.4. The molecule has 2 aliphatic rings. The van der Waals surface area contributed by atoms with Crippen LogP contribution in [-0.2, 0) is 118 Å². The number of carbonyl (C=O) groups excluding carboxylic acids is 1. The molecule has 17 nitrogen and oxygen atoms in total. The highest BCUT2D eigenvalue weighted by molar-refractivity contribution is 7.48. The van der Waals surface area contributed by atoms with Crippen LogP contribution in [0.5, 0.6) is 0 Å². The largest absolute Gasteiger partial charge is 0.475 e. The molecule has 11 atom stereocenters. The van der Waals surface area contributed by atoms with Crippen molar-refractivity contribution in [3.8, 4) is 0 Å². The number of phosphoric acid groups is 1. The van der Waals surface area contributed by atoms with Gasteiger partial charge in [-0.05, 0) is 56.5 Å². The van der Waals surface area contributed by atoms with Gasteiger partial charge >= 0.3 is 13.8 Å². The van der Waals surface area contributed by atoms with Crippen LogP contribution in [0.1, 0.15) is 141 Å². The fourth-order valence-electron chi connectivity index (χ4n) is 12.9. The SMILES string of the molecule is CCCCCCCCCCCCCCCC(=O)O[C@@H]1C(OCc2ccccc2)C(OCc2ccccc2)[C@H](OCc2ccccc2)[C@H](O[C@H]2OC(COCc3ccccc3)[C@@H](OCc3ccccc3)[C@H](OCc3ccccc3)C2N=[N+]=[N-])C1OP(=O)(OCc1ccccc1)OCc1ccccc1. The molecule has 0 bridgehead atoms. The fraction of sp³-hybridized carbons (Fsp3) is 0.417. The van der Waals surface area contributed by atoms with Crippen LogP contribution in [0, 0.1) is 0 Å². The van der Waals surface area contributed by atoms with Crippen LogP contribution >= 0.6 is 7.82 Å². The summed E-state index contributed by atoms with van der Waals surface area (Å²) in [6.07, 6.45) is 1.48. The molecule has 1 saturated heterocycles. The van der Waals surface area contributed by atoms with E-state index in [1.807, 2.05) is 243 Å². The highest BCUT2D eigenvalue weighted by Gasteiger charge is 2.60. The van der Waals surface area contributed by atoms with Gasteiger partial charge in [0.25, 0.3) is 0 Å². The summed E-state index contributed by atoms with van der Waals surface area (Å²) in [5, 5.41) is 4.52. The van der Waals surface area contributed by atoms with E-state index in [0.717, 1.165) is 59.1 Å². The Bertz CT molecular complexity index is 3620. The van der Waals surface area contributed by atoms with Crippen molar-refractivity contribution < 1.29 is 65.6 Å². The van der Waals surface area contributed by atoms with E-state index in [1.54, 1.807) is 0 Å². The number of ether oxygens (including phenoxy) is 9. The molecular weight excluding hydrogens is 1310 g/mol. The molecule has 0 N–H and O–H groups in total. The minimum atomic E-state index is -4.93. The zero-order valence-electron chi connectivity index (χ0n) is 58.7. The fourth-order valence-corrected chi connectivity index (χ4v) is 14.2. The number of hydrogen-bond acceptors (Lipinski definition) is 15. The number of unbranched alkanes of at least 4 members (excludes halogenated alkanes) is 12. The summed E-state index contributed by atoms with van der Waals surface area (Å²) in [6, 6.07) is 75.3. The van der Waals surface area contributed by atoms with E-state index in [2.05, 4.69) is 16.9 Å². The van der Waals surface area contributed by atoms with E-state index in [0.29, 0.717) is 17.5 Å². The van der Waals surface area contributed by atoms with Crippen molar-refractivity contribution in [1.29, 1.82) is 0 Å². The van der Waals surface area contributed by atoms with Gasteiger partial charge in [-0.1, -0.05) is 332 Å². The minimum absolute atomic E-state index is 0.0000934. The molecule has 1 saturated carbocycles. The maximum absolute atomic E-state index is 16.5. The molecule has 8 aromatic carbocycles. The van der Waals surface area contributed by atoms with Gasteiger partial charge in [0.1, 0.15) is 54.9 Å². The lowest BCUT2D eigenvalue weighted by molar-refractivity contribution is -0.334. The molecule has 0 radical (unpaired) electrons. The summed E-state index contributed by atoms with van der Waals surface area (Å²) in [5.41, 5.74) is 17.3. The van der Waals surface area contributed by atoms with Gasteiger partial charge in [-0.25, -0.2) is 4.57 Å². The molecule has 0 amide bonds. The lowest BCUT2D eigenvalue weighted by Gasteiger charge is -2.51. The van der Waals surface area contributed by atoms with E-state index in [4.69, 9.17) is 56.2 Å². The Hall–Kier alpha value is -7.67. The number of hydrogen-bond donors (Lipinski definition) is 0. The van der Waals surface area contributed by atoms with Gasteiger partial charge in [0.2, 0.25) is 0 Å². The summed E-state index contributed by atoms with van der Waals surface area (Å²) in [6.45, 7) is 2.13. The molecule has 1 aliphatic carbocycles. The molecule has 5 unspecified atom stereocenters. The molecule has 1 heterocycles. The van der Waals surface area contributed by atoms with Gasteiger partial charge in [0.05, 0.1) is 59.5 Å². The zero-order valence-corrected chi connectivity index (χ0v) is 59.6. The van der Waals surface area contributed by atoms with Crippen LogP contribution in [0.2, 0.25) is 0 Å². The predicted molar refractivity (Wildman–Crippen MR) is 393 cm³/mol. The first-order chi connectivity index (χ1) is 50.3. The Morgan fingerprint density at radius 3 is 1.10 bits per heavy atom. The first kappa shape index (κ1) is 77.0. The third-order valence-corrected chi connectivity index (χ3v) is 19.7. The number of azide groups is 1. The Morgan fingerprint density at radius 1 is 0.392 bits per heavy atom. The lowest BCUT2D eigenvalue weighted by atomic mass is 9.83. The van der Waals surface area contributed by atoms with Gasteiger partial charge in [-0.15, -0.1) is 0 Å². The van der Waals surface area contributed by atoms with Gasteiger partial charge < -0.3 is 42.6 Å². The highest BCUT2D eigenvalue weighted by atomic mass is 31.2. The average molecular weight is 1410 g/mol. The smallest absolute Gasteiger partial charge is 0.457 e. The summed E-state index contributed by atoms with van der Waals surface area (Å²) in [5.74, 6) is -0.566. The van der Waals surface area contributed by atoms with Crippen molar-refractivity contribution in [2.75, 3.05) is 6.61 Å². The molecule has 0 spiro atoms. The topological polar surface area (TPSA) is 194 Å². The molecule has 1 aliphatic heterocycles. The minimum Gasteiger partial charge on any atom is -0.457 e. The summed E-state index contributed by atoms with van der Waals surface area (Å²) < 4.78 is 101. The molecule has 2 fully saturated rings. The van der Waals surface area contributed by atoms with Crippen LogP contribution in [0.25, 0.3) is 10.4 Å². The van der Waals surface area contributed by atoms with E-state index in [9.17, 15) is 5.53 Å². The third kappa shape index (κ3) is 25.3. The van der Waals surface area contributed by atoms with Gasteiger partial charge in [-0.3, -0.25) is 18.4 Å². The molecule has 10 rings (SSSR count). The Kier molecular flexibility index (Phi) is 32.8. The molecule has 8 aromatic rings. The monoisotopic (exact) mass is 1410 g/mol. The van der Waals surface area contributed by atoms with Crippen molar-refractivity contribution in [2.45, 2.75) is 217 Å². The van der Waals surface area contributed by atoms with Crippen LogP contribution < -0.4 is 0 Å². The Labute approximate surface area is 602 Å². The van der Waals surface area contributed by atoms with E-state index >= 15 is 9.36 Å². The lowest BCUT2D eigenvalue weighted by Crippen LogP contribution is -2.69. The third-order valence-electron chi connectivity index (χ3n) is 18.3. The Morgan fingerprint density at radius 2 is 0.716 bits per heavy atom. The number of benzene rings is 8. The van der Waals surface area contributed by atoms with Crippen molar-refractivity contribution in [1.82, 2.24) is 0 Å². The first-order valence-electron chi connectivity index (χ1n) is 36.4. The van der Waals surface area contributed by atoms with Crippen molar-refractivity contribution in [3.63, 3.8) is 0 Å². The number of phosphoric ester groups is 1. The quantitative estimate of drug-likeness (QED) is 0.00873. The number of nitrogens with zero attached hydrogens (tertiary/aromatic N) is 3. The van der Waals surface area contributed by atoms with Crippen LogP contribution in [0.15, 0.2) is 248 Å². The van der Waals surface area contributed by atoms with E-state index in [-0.39, 0.29) is 65.9 Å². The normalized spacial score (nSPS) is 21.2. The van der Waals surface area contributed by atoms with Crippen molar-refractivity contribution in [2.24, 2.45) is 5.11 Å². The molecule has 540 valence electrons. The first-order valence-corrected chi connectivity index (χ1v) is 37.9. The van der Waals surface area contributed by atoms with Crippen LogP contribution in [-0.4, -0.2) is 79.8 Å². The predicted octanol–water partition coefficient (Wildman–Crippen LogP) is 19.3. The summed E-state index contributed by atoms with van der Waals surface area (Å²) in [4.78, 5) is 18.7. The summed E-state index contributed by atoms with van der Waals surface area (Å²) >= 11 is 0. The molecule has 102 heavy (non-hydrogen) atoms. The summed E-state index contributed by atoms with van der Waals surface area (Å²) in [7, 11) is -4.93. The number of rotatable bonds is 45. The standard InChI is InChI=1S/C84H100N3O14P/c1-2-3-4-5-6-7-8-9-10-11-12-13-38-55-74(88)99-81-79(94-60-69-47-30-18-31-48-69)78(93-59-68-45-28-17-29-46-68)80(95-61-70-49-32-19-33-50-70)82(83(81)101-102(89,96-62-71-51-34-20-35-52-71)97-63-72-53-36-21-37-54-72)100-84-75(86-87-85)77(92-58-67-43-26-16-27-44-67)76(91-57-66-41-24-15-25-42-66)73(98-84)64-90-56-65-39-22-14-23-40-65/h14-37,39-54,73,75-84H,2-13,38,55-64H2,1H3/t73?,75?,76-,77-,78?,79?,80+,81-,82+,83?,84-/m1/s1. The van der Waals surface area contributed by atoms with Crippen LogP contribution in [0.4, 0.5) is 0 Å². The second-order valence-electron chi connectivity index (χ2n) is 26.1. The molecule has 18 heteroatoms. The van der Waals surface area contributed by atoms with E-state index < -0.39 is 81.1 Å². The average Bonchev–Trinajstić information content (AvgIpc) is 0.750. The molecular formula is C84H100N3O14P. The maximum atomic E-state index is 16.5. The van der Waals surface area contributed by atoms with E-state index in [1.165, 1.54) is 51.4 Å². The zero-order chi connectivity index (χ0) is 70.5. The van der Waals surface area contributed by atoms with Crippen molar-refractivity contribution >= 4 is 13.8 Å². The second-order valence-corrected chi connectivity index (χ2v) is 27.8. The van der Waals surface area contributed by atoms with Crippen LogP contribution in [0.3, 0.4) is 0 Å². The number of carbonyl (C=O) groups is 1. The Balaban J connectivity index is 1.09. The van der Waals surface area contributed by atoms with Crippen molar-refractivity contribution in [3.05, 3.63) is 298 Å². The maximum Gasteiger partial charge on any atom is 0.475 e. The van der Waals surface area contributed by atoms with Gasteiger partial charge in [0.15, 0.2) is 12.4 Å². The molecule has 0 aromatic heterocycles. The van der Waals surface area contributed by atoms with Gasteiger partial charge in [0, 0.05) is 11.3 Å².